The first kappa shape index (κ1) is 20.9. The average Bonchev–Trinajstić information content (AvgIpc) is 3.07. The summed E-state index contributed by atoms with van der Waals surface area (Å²) in [5, 5.41) is 2.78. The molecule has 1 fully saturated rings. The molecule has 1 atom stereocenters. The van der Waals surface area contributed by atoms with E-state index < -0.39 is 18.1 Å². The van der Waals surface area contributed by atoms with E-state index in [1.54, 1.807) is 11.0 Å². The highest BCUT2D eigenvalue weighted by Crippen LogP contribution is 2.30. The number of hydrogen-bond acceptors (Lipinski definition) is 4. The third-order valence-corrected chi connectivity index (χ3v) is 4.37. The van der Waals surface area contributed by atoms with E-state index in [-0.39, 0.29) is 29.9 Å². The van der Waals surface area contributed by atoms with E-state index in [1.165, 1.54) is 19.2 Å². The standard InChI is InChI=1S/C19H26F2N2O4/c1-19(2,3)17(25)23-9-5-6-13(23)16(24)22-11-12-7-8-14(26-4)15(10-12)27-18(20)21/h7-8,10,13,18H,5-6,9,11H2,1-4H3,(H,22,24). The number of carbonyl (C=O) groups is 2. The Morgan fingerprint density at radius 2 is 2.00 bits per heavy atom. The zero-order valence-electron chi connectivity index (χ0n) is 16.1. The molecule has 1 aromatic rings. The number of benzene rings is 1. The Labute approximate surface area is 157 Å². The smallest absolute Gasteiger partial charge is 0.387 e. The van der Waals surface area contributed by atoms with Crippen molar-refractivity contribution < 1.29 is 27.8 Å². The van der Waals surface area contributed by atoms with Crippen molar-refractivity contribution in [3.8, 4) is 11.5 Å². The molecule has 1 aliphatic rings. The number of halogens is 2. The van der Waals surface area contributed by atoms with Crippen LogP contribution in [0.1, 0.15) is 39.2 Å². The highest BCUT2D eigenvalue weighted by Gasteiger charge is 2.38. The molecule has 1 N–H and O–H groups in total. The van der Waals surface area contributed by atoms with E-state index in [0.717, 1.165) is 6.42 Å². The third-order valence-electron chi connectivity index (χ3n) is 4.37. The van der Waals surface area contributed by atoms with Gasteiger partial charge in [-0.25, -0.2) is 0 Å². The van der Waals surface area contributed by atoms with Crippen LogP contribution in [0.5, 0.6) is 11.5 Å². The molecule has 1 unspecified atom stereocenters. The third kappa shape index (κ3) is 5.30. The number of rotatable bonds is 6. The molecule has 0 spiro atoms. The van der Waals surface area contributed by atoms with Crippen molar-refractivity contribution in [3.05, 3.63) is 23.8 Å². The fourth-order valence-electron chi connectivity index (χ4n) is 3.04. The number of nitrogens with one attached hydrogen (secondary N) is 1. The van der Waals surface area contributed by atoms with Gasteiger partial charge in [0.15, 0.2) is 11.5 Å². The number of alkyl halides is 2. The summed E-state index contributed by atoms with van der Waals surface area (Å²) < 4.78 is 34.5. The van der Waals surface area contributed by atoms with Gasteiger partial charge in [0.25, 0.3) is 0 Å². The van der Waals surface area contributed by atoms with Crippen molar-refractivity contribution in [1.29, 1.82) is 0 Å². The molecule has 0 bridgehead atoms. The van der Waals surface area contributed by atoms with Gasteiger partial charge in [-0.05, 0) is 30.5 Å². The quantitative estimate of drug-likeness (QED) is 0.819. The first-order valence-electron chi connectivity index (χ1n) is 8.84. The van der Waals surface area contributed by atoms with E-state index >= 15 is 0 Å². The van der Waals surface area contributed by atoms with Crippen molar-refractivity contribution in [2.75, 3.05) is 13.7 Å². The summed E-state index contributed by atoms with van der Waals surface area (Å²) in [6, 6.07) is 4.05. The van der Waals surface area contributed by atoms with Crippen LogP contribution in [0, 0.1) is 5.41 Å². The van der Waals surface area contributed by atoms with Crippen LogP contribution < -0.4 is 14.8 Å². The number of carbonyl (C=O) groups excluding carboxylic acids is 2. The summed E-state index contributed by atoms with van der Waals surface area (Å²) in [4.78, 5) is 26.7. The zero-order valence-corrected chi connectivity index (χ0v) is 16.1. The second kappa shape index (κ2) is 8.54. The molecule has 2 amide bonds. The van der Waals surface area contributed by atoms with Gasteiger partial charge < -0.3 is 19.7 Å². The van der Waals surface area contributed by atoms with E-state index in [0.29, 0.717) is 18.5 Å². The topological polar surface area (TPSA) is 67.9 Å². The lowest BCUT2D eigenvalue weighted by Crippen LogP contribution is -2.49. The fraction of sp³-hybridized carbons (Fsp3) is 0.579. The molecule has 8 heteroatoms. The molecule has 0 saturated carbocycles. The van der Waals surface area contributed by atoms with E-state index in [9.17, 15) is 18.4 Å². The van der Waals surface area contributed by atoms with Gasteiger partial charge in [-0.3, -0.25) is 9.59 Å². The van der Waals surface area contributed by atoms with Crippen molar-refractivity contribution in [2.24, 2.45) is 5.41 Å². The largest absolute Gasteiger partial charge is 0.493 e. The first-order valence-corrected chi connectivity index (χ1v) is 8.84. The second-order valence-electron chi connectivity index (χ2n) is 7.49. The molecule has 1 aromatic carbocycles. The lowest BCUT2D eigenvalue weighted by Gasteiger charge is -2.30. The van der Waals surface area contributed by atoms with E-state index in [4.69, 9.17) is 4.74 Å². The lowest BCUT2D eigenvalue weighted by molar-refractivity contribution is -0.144. The number of ether oxygens (including phenoxy) is 2. The van der Waals surface area contributed by atoms with Crippen LogP contribution in [0.2, 0.25) is 0 Å². The van der Waals surface area contributed by atoms with Crippen molar-refractivity contribution in [3.63, 3.8) is 0 Å². The van der Waals surface area contributed by atoms with Crippen LogP contribution in [0.25, 0.3) is 0 Å². The molecule has 6 nitrogen and oxygen atoms in total. The minimum atomic E-state index is -2.97. The monoisotopic (exact) mass is 384 g/mol. The number of nitrogens with zero attached hydrogens (tertiary/aromatic N) is 1. The second-order valence-corrected chi connectivity index (χ2v) is 7.49. The fourth-order valence-corrected chi connectivity index (χ4v) is 3.04. The van der Waals surface area contributed by atoms with Crippen LogP contribution in [0.3, 0.4) is 0 Å². The minimum absolute atomic E-state index is 0.0581. The Kier molecular flexibility index (Phi) is 6.62. The maximum atomic E-state index is 12.6. The highest BCUT2D eigenvalue weighted by atomic mass is 19.3. The SMILES string of the molecule is COc1ccc(CNC(=O)C2CCCN2C(=O)C(C)(C)C)cc1OC(F)F. The van der Waals surface area contributed by atoms with Gasteiger partial charge in [0.1, 0.15) is 6.04 Å². The van der Waals surface area contributed by atoms with Crippen LogP contribution in [0.4, 0.5) is 8.78 Å². The first-order chi connectivity index (χ1) is 12.6. The molecule has 1 heterocycles. The van der Waals surface area contributed by atoms with E-state index in [1.807, 2.05) is 20.8 Å². The number of methoxy groups -OCH3 is 1. The molecule has 0 aromatic heterocycles. The van der Waals surface area contributed by atoms with E-state index in [2.05, 4.69) is 10.1 Å². The summed E-state index contributed by atoms with van der Waals surface area (Å²) in [7, 11) is 1.36. The van der Waals surface area contributed by atoms with Gasteiger partial charge in [0.05, 0.1) is 7.11 Å². The molecule has 27 heavy (non-hydrogen) atoms. The van der Waals surface area contributed by atoms with Gasteiger partial charge >= 0.3 is 6.61 Å². The van der Waals surface area contributed by atoms with Gasteiger partial charge in [0, 0.05) is 18.5 Å². The zero-order chi connectivity index (χ0) is 20.2. The molecular formula is C19H26F2N2O4. The van der Waals surface area contributed by atoms with Crippen molar-refractivity contribution in [2.45, 2.75) is 52.8 Å². The van der Waals surface area contributed by atoms with Crippen LogP contribution in [0.15, 0.2) is 18.2 Å². The van der Waals surface area contributed by atoms with Crippen LogP contribution in [-0.4, -0.2) is 43.0 Å². The lowest BCUT2D eigenvalue weighted by atomic mass is 9.94. The summed E-state index contributed by atoms with van der Waals surface area (Å²) in [5.74, 6) is -0.220. The Morgan fingerprint density at radius 1 is 1.30 bits per heavy atom. The average molecular weight is 384 g/mol. The molecule has 0 radical (unpaired) electrons. The normalized spacial score (nSPS) is 17.1. The number of likely N-dealkylation sites (tertiary alicyclic amines) is 1. The van der Waals surface area contributed by atoms with Crippen LogP contribution >= 0.6 is 0 Å². The Hall–Kier alpha value is -2.38. The van der Waals surface area contributed by atoms with Crippen molar-refractivity contribution in [1.82, 2.24) is 10.2 Å². The van der Waals surface area contributed by atoms with Gasteiger partial charge in [-0.15, -0.1) is 0 Å². The Balaban J connectivity index is 2.03. The molecular weight excluding hydrogens is 358 g/mol. The Bertz CT molecular complexity index is 689. The predicted molar refractivity (Wildman–Crippen MR) is 95.7 cm³/mol. The van der Waals surface area contributed by atoms with Crippen LogP contribution in [-0.2, 0) is 16.1 Å². The summed E-state index contributed by atoms with van der Waals surface area (Å²) in [6.07, 6.45) is 1.38. The molecule has 2 rings (SSSR count). The summed E-state index contributed by atoms with van der Waals surface area (Å²) >= 11 is 0. The maximum Gasteiger partial charge on any atom is 0.387 e. The predicted octanol–water partition coefficient (Wildman–Crippen LogP) is 2.95. The Morgan fingerprint density at radius 3 is 2.59 bits per heavy atom. The number of amides is 2. The number of hydrogen-bond donors (Lipinski definition) is 1. The summed E-state index contributed by atoms with van der Waals surface area (Å²) in [6.45, 7) is 3.19. The molecule has 150 valence electrons. The summed E-state index contributed by atoms with van der Waals surface area (Å²) in [5.41, 5.74) is 0.0342. The van der Waals surface area contributed by atoms with Gasteiger partial charge in [0.2, 0.25) is 11.8 Å². The van der Waals surface area contributed by atoms with Gasteiger partial charge in [-0.2, -0.15) is 8.78 Å². The molecule has 0 aliphatic carbocycles. The minimum Gasteiger partial charge on any atom is -0.493 e. The van der Waals surface area contributed by atoms with Crippen molar-refractivity contribution >= 4 is 11.8 Å². The maximum absolute atomic E-state index is 12.6. The molecule has 1 saturated heterocycles. The molecule has 1 aliphatic heterocycles. The van der Waals surface area contributed by atoms with Gasteiger partial charge in [-0.1, -0.05) is 26.8 Å². The highest BCUT2D eigenvalue weighted by molar-refractivity contribution is 5.90.